The minimum atomic E-state index is -4.69. The van der Waals surface area contributed by atoms with Gasteiger partial charge in [-0.25, -0.2) is 13.5 Å². The van der Waals surface area contributed by atoms with Gasteiger partial charge in [0.2, 0.25) is 0 Å². The fourth-order valence-corrected chi connectivity index (χ4v) is 4.26. The molecule has 0 saturated carbocycles. The summed E-state index contributed by atoms with van der Waals surface area (Å²) in [7, 11) is 0. The van der Waals surface area contributed by atoms with Crippen molar-refractivity contribution < 1.29 is 26.7 Å². The van der Waals surface area contributed by atoms with E-state index in [-0.39, 0.29) is 18.7 Å². The van der Waals surface area contributed by atoms with E-state index in [4.69, 9.17) is 0 Å². The molecule has 0 aliphatic carbocycles. The van der Waals surface area contributed by atoms with Crippen LogP contribution in [0.2, 0.25) is 0 Å². The number of hydrogen-bond donors (Lipinski definition) is 0. The monoisotopic (exact) mass is 500 g/mol. The van der Waals surface area contributed by atoms with E-state index in [2.05, 4.69) is 21.3 Å². The number of aromatic nitrogens is 2. The van der Waals surface area contributed by atoms with Crippen LogP contribution in [0.25, 0.3) is 5.69 Å². The van der Waals surface area contributed by atoms with Crippen molar-refractivity contribution in [3.63, 3.8) is 0 Å². The van der Waals surface area contributed by atoms with Gasteiger partial charge in [-0.05, 0) is 63.4 Å². The van der Waals surface area contributed by atoms with Gasteiger partial charge in [-0.15, -0.1) is 13.2 Å². The molecule has 0 amide bonds. The first-order valence-electron chi connectivity index (χ1n) is 11.9. The van der Waals surface area contributed by atoms with Crippen LogP contribution in [0.4, 0.5) is 27.8 Å². The number of halogens is 5. The average molecular weight is 501 g/mol. The van der Waals surface area contributed by atoms with E-state index < -0.39 is 12.3 Å². The first-order valence-corrected chi connectivity index (χ1v) is 11.9. The molecule has 2 aliphatic rings. The van der Waals surface area contributed by atoms with E-state index >= 15 is 0 Å². The van der Waals surface area contributed by atoms with Crippen molar-refractivity contribution in [2.75, 3.05) is 37.6 Å². The zero-order valence-electron chi connectivity index (χ0n) is 20.3. The van der Waals surface area contributed by atoms with Crippen LogP contribution in [-0.2, 0) is 0 Å². The molecule has 0 N–H and O–H groups in total. The highest BCUT2D eigenvalue weighted by atomic mass is 19.4. The predicted molar refractivity (Wildman–Crippen MR) is 126 cm³/mol. The minimum absolute atomic E-state index is 0.0269. The maximum Gasteiger partial charge on any atom is 0.573 e. The van der Waals surface area contributed by atoms with Crippen molar-refractivity contribution in [2.24, 2.45) is 0 Å². The van der Waals surface area contributed by atoms with E-state index in [9.17, 15) is 22.0 Å². The molecule has 0 radical (unpaired) electrons. The number of rotatable bonds is 5. The third-order valence-corrected chi connectivity index (χ3v) is 6.00. The van der Waals surface area contributed by atoms with E-state index in [1.165, 1.54) is 17.7 Å². The molecule has 10 heteroatoms. The van der Waals surface area contributed by atoms with E-state index in [1.807, 2.05) is 24.8 Å². The summed E-state index contributed by atoms with van der Waals surface area (Å²) in [6.07, 6.45) is -0.628. The second-order valence-electron chi connectivity index (χ2n) is 9.07. The van der Waals surface area contributed by atoms with Gasteiger partial charge in [0.15, 0.2) is 5.82 Å². The van der Waals surface area contributed by atoms with Crippen LogP contribution in [0.15, 0.2) is 42.5 Å². The summed E-state index contributed by atoms with van der Waals surface area (Å²) in [5.74, 6) is -1.77. The van der Waals surface area contributed by atoms with Gasteiger partial charge in [-0.1, -0.05) is 19.1 Å². The highest BCUT2D eigenvalue weighted by Crippen LogP contribution is 2.27. The van der Waals surface area contributed by atoms with Gasteiger partial charge in [0, 0.05) is 37.8 Å². The Morgan fingerprint density at radius 3 is 2.40 bits per heavy atom. The first kappa shape index (κ1) is 27.0. The Kier molecular flexibility index (Phi) is 8.79. The Hall–Kier alpha value is -2.62. The third-order valence-electron chi connectivity index (χ3n) is 6.00. The van der Waals surface area contributed by atoms with E-state index in [0.717, 1.165) is 56.8 Å². The zero-order chi connectivity index (χ0) is 25.6. The molecule has 0 spiro atoms. The molecule has 4 rings (SSSR count). The summed E-state index contributed by atoms with van der Waals surface area (Å²) in [6, 6.07) is 7.71. The predicted octanol–water partition coefficient (Wildman–Crippen LogP) is 6.36. The molecule has 0 unspecified atom stereocenters. The van der Waals surface area contributed by atoms with Crippen LogP contribution in [0, 0.1) is 6.92 Å². The molecular formula is C25H33F5N4O. The number of benzene rings is 1. The van der Waals surface area contributed by atoms with E-state index in [1.54, 1.807) is 16.8 Å². The summed E-state index contributed by atoms with van der Waals surface area (Å²) < 4.78 is 67.3. The maximum absolute atomic E-state index is 12.5. The average Bonchev–Trinajstić information content (AvgIpc) is 3.23. The fourth-order valence-electron chi connectivity index (χ4n) is 4.26. The molecule has 1 aromatic heterocycles. The Balaban J connectivity index is 0.000000287. The Morgan fingerprint density at radius 1 is 1.09 bits per heavy atom. The molecule has 194 valence electrons. The van der Waals surface area contributed by atoms with Crippen LogP contribution in [0.5, 0.6) is 5.75 Å². The summed E-state index contributed by atoms with van der Waals surface area (Å²) in [5.41, 5.74) is 2.87. The van der Waals surface area contributed by atoms with E-state index in [0.29, 0.717) is 12.2 Å². The molecular weight excluding hydrogens is 467 g/mol. The standard InChI is InChI=1S/C18H20F3N3O.C7H13F2N/c1-13-4-3-10-23(11-9-13)17-12-14(2)24(22-17)15-5-7-16(8-6-15)25-18(19,20)21;1-2-4-10-5-3-7(8,9)6-10/h5-8,12H,1,3-4,9-11H2,2H3;2-6H2,1H3. The smallest absolute Gasteiger partial charge is 0.406 e. The van der Waals surface area contributed by atoms with Gasteiger partial charge < -0.3 is 9.64 Å². The van der Waals surface area contributed by atoms with Crippen LogP contribution in [0.3, 0.4) is 0 Å². The largest absolute Gasteiger partial charge is 0.573 e. The summed E-state index contributed by atoms with van der Waals surface area (Å²) in [4.78, 5) is 4.04. The Bertz CT molecular complexity index is 971. The second kappa shape index (κ2) is 11.4. The van der Waals surface area contributed by atoms with Crippen LogP contribution < -0.4 is 9.64 Å². The molecule has 2 fully saturated rings. The van der Waals surface area contributed by atoms with Crippen molar-refractivity contribution in [1.29, 1.82) is 0 Å². The fraction of sp³-hybridized carbons (Fsp3) is 0.560. The van der Waals surface area contributed by atoms with Gasteiger partial charge in [0.05, 0.1) is 12.2 Å². The summed E-state index contributed by atoms with van der Waals surface area (Å²) in [6.45, 7) is 11.2. The Morgan fingerprint density at radius 2 is 1.80 bits per heavy atom. The first-order chi connectivity index (χ1) is 16.5. The highest BCUT2D eigenvalue weighted by molar-refractivity contribution is 5.45. The highest BCUT2D eigenvalue weighted by Gasteiger charge is 2.37. The second-order valence-corrected chi connectivity index (χ2v) is 9.07. The normalized spacial score (nSPS) is 18.7. The van der Waals surface area contributed by atoms with Crippen molar-refractivity contribution in [3.05, 3.63) is 48.2 Å². The molecule has 1 aromatic carbocycles. The molecule has 2 aromatic rings. The lowest BCUT2D eigenvalue weighted by atomic mass is 10.1. The number of aryl methyl sites for hydroxylation is 1. The lowest BCUT2D eigenvalue weighted by Gasteiger charge is -2.19. The van der Waals surface area contributed by atoms with Crippen molar-refractivity contribution in [3.8, 4) is 11.4 Å². The van der Waals surface area contributed by atoms with Gasteiger partial charge in [-0.3, -0.25) is 4.90 Å². The summed E-state index contributed by atoms with van der Waals surface area (Å²) in [5, 5.41) is 4.62. The molecule has 0 bridgehead atoms. The molecule has 2 saturated heterocycles. The number of nitrogens with zero attached hydrogens (tertiary/aromatic N) is 4. The number of ether oxygens (including phenoxy) is 1. The van der Waals surface area contributed by atoms with Crippen LogP contribution >= 0.6 is 0 Å². The molecule has 35 heavy (non-hydrogen) atoms. The number of hydrogen-bond acceptors (Lipinski definition) is 4. The molecule has 0 atom stereocenters. The lowest BCUT2D eigenvalue weighted by Crippen LogP contribution is -2.25. The van der Waals surface area contributed by atoms with Gasteiger partial charge in [0.25, 0.3) is 5.92 Å². The SMILES string of the molecule is C=C1CCCN(c2cc(C)n(-c3ccc(OC(F)(F)F)cc3)n2)CC1.CCCN1CCC(F)(F)C1. The lowest BCUT2D eigenvalue weighted by molar-refractivity contribution is -0.274. The van der Waals surface area contributed by atoms with Gasteiger partial charge >= 0.3 is 6.36 Å². The Labute approximate surface area is 203 Å². The maximum atomic E-state index is 12.5. The van der Waals surface area contributed by atoms with Crippen molar-refractivity contribution in [1.82, 2.24) is 14.7 Å². The molecule has 2 aliphatic heterocycles. The van der Waals surface area contributed by atoms with Gasteiger partial charge in [0.1, 0.15) is 5.75 Å². The van der Waals surface area contributed by atoms with Gasteiger partial charge in [-0.2, -0.15) is 5.10 Å². The quantitative estimate of drug-likeness (QED) is 0.353. The topological polar surface area (TPSA) is 33.5 Å². The van der Waals surface area contributed by atoms with Crippen molar-refractivity contribution >= 4 is 5.82 Å². The van der Waals surface area contributed by atoms with Crippen LogP contribution in [-0.4, -0.2) is 59.7 Å². The van der Waals surface area contributed by atoms with Crippen LogP contribution in [0.1, 0.15) is 44.7 Å². The zero-order valence-corrected chi connectivity index (χ0v) is 20.3. The summed E-state index contributed by atoms with van der Waals surface area (Å²) >= 11 is 0. The number of likely N-dealkylation sites (tertiary alicyclic amines) is 1. The number of alkyl halides is 5. The molecule has 3 heterocycles. The number of anilines is 1. The molecule has 5 nitrogen and oxygen atoms in total. The van der Waals surface area contributed by atoms with Crippen molar-refractivity contribution in [2.45, 2.75) is 58.2 Å². The minimum Gasteiger partial charge on any atom is -0.406 e. The third kappa shape index (κ3) is 8.23.